The van der Waals surface area contributed by atoms with Crippen LogP contribution in [0.5, 0.6) is 5.88 Å². The van der Waals surface area contributed by atoms with E-state index in [1.165, 1.54) is 24.7 Å². The van der Waals surface area contributed by atoms with Gasteiger partial charge in [-0.1, -0.05) is 25.7 Å². The van der Waals surface area contributed by atoms with Crippen LogP contribution in [0, 0.1) is 0 Å². The number of hydrogen-bond acceptors (Lipinski definition) is 3. The zero-order chi connectivity index (χ0) is 14.6. The molecule has 1 aromatic heterocycles. The minimum absolute atomic E-state index is 0.364. The third kappa shape index (κ3) is 3.58. The molecule has 0 aliphatic carbocycles. The van der Waals surface area contributed by atoms with Gasteiger partial charge >= 0.3 is 6.18 Å². The van der Waals surface area contributed by atoms with E-state index in [1.807, 2.05) is 5.01 Å². The highest BCUT2D eigenvalue weighted by molar-refractivity contribution is 5.27. The molecule has 0 amide bonds. The van der Waals surface area contributed by atoms with E-state index in [-0.39, 0.29) is 5.88 Å². The molecule has 0 radical (unpaired) electrons. The Balaban J connectivity index is 2.19. The first-order chi connectivity index (χ1) is 9.52. The molecule has 1 aromatic rings. The Hall–Kier alpha value is -1.40. The van der Waals surface area contributed by atoms with E-state index in [1.54, 1.807) is 0 Å². The number of aromatic nitrogens is 2. The van der Waals surface area contributed by atoms with Crippen molar-refractivity contribution in [3.8, 4) is 5.88 Å². The average Bonchev–Trinajstić information content (AvgIpc) is 2.87. The number of hydrogen-bond donors (Lipinski definition) is 0. The molecule has 2 heterocycles. The maximum atomic E-state index is 12.9. The van der Waals surface area contributed by atoms with Crippen molar-refractivity contribution in [2.75, 3.05) is 25.2 Å². The van der Waals surface area contributed by atoms with Crippen molar-refractivity contribution in [2.24, 2.45) is 0 Å². The van der Waals surface area contributed by atoms with Crippen LogP contribution in [0.15, 0.2) is 6.20 Å². The molecule has 1 fully saturated rings. The lowest BCUT2D eigenvalue weighted by molar-refractivity contribution is -0.138. The van der Waals surface area contributed by atoms with Crippen LogP contribution in [0.25, 0.3) is 0 Å². The van der Waals surface area contributed by atoms with Crippen LogP contribution in [0.4, 0.5) is 13.2 Å². The van der Waals surface area contributed by atoms with Gasteiger partial charge in [0.1, 0.15) is 5.56 Å². The van der Waals surface area contributed by atoms with Crippen LogP contribution in [-0.2, 0) is 6.18 Å². The summed E-state index contributed by atoms with van der Waals surface area (Å²) in [5.41, 5.74) is -0.820. The predicted molar refractivity (Wildman–Crippen MR) is 69.4 cm³/mol. The van der Waals surface area contributed by atoms with Crippen molar-refractivity contribution in [1.82, 2.24) is 9.89 Å². The quantitative estimate of drug-likeness (QED) is 0.838. The molecule has 0 atom stereocenters. The summed E-state index contributed by atoms with van der Waals surface area (Å²) in [4.78, 5) is 1.30. The molecule has 1 aliphatic rings. The van der Waals surface area contributed by atoms with Gasteiger partial charge in [-0.2, -0.15) is 18.0 Å². The van der Waals surface area contributed by atoms with E-state index in [0.29, 0.717) is 0 Å². The van der Waals surface area contributed by atoms with Gasteiger partial charge in [0.05, 0.1) is 13.3 Å². The van der Waals surface area contributed by atoms with Crippen molar-refractivity contribution < 1.29 is 17.9 Å². The van der Waals surface area contributed by atoms with Crippen molar-refractivity contribution >= 4 is 0 Å². The van der Waals surface area contributed by atoms with Crippen molar-refractivity contribution in [2.45, 2.75) is 44.7 Å². The summed E-state index contributed by atoms with van der Waals surface area (Å²) in [5, 5.41) is 5.79. The molecule has 114 valence electrons. The first-order valence-electron chi connectivity index (χ1n) is 6.98. The molecule has 0 bridgehead atoms. The molecular weight excluding hydrogens is 271 g/mol. The lowest BCUT2D eigenvalue weighted by atomic mass is 10.1. The SMILES string of the molecule is COc1nn(N2CCCCCCCC2)cc1C(F)(F)F. The first-order valence-corrected chi connectivity index (χ1v) is 6.98. The van der Waals surface area contributed by atoms with Crippen LogP contribution in [0.3, 0.4) is 0 Å². The number of halogens is 3. The van der Waals surface area contributed by atoms with Gasteiger partial charge in [-0.3, -0.25) is 5.01 Å². The Bertz CT molecular complexity index is 421. The maximum absolute atomic E-state index is 12.9. The second-order valence-corrected chi connectivity index (χ2v) is 5.05. The van der Waals surface area contributed by atoms with Gasteiger partial charge in [0.2, 0.25) is 5.88 Å². The third-order valence-corrected chi connectivity index (χ3v) is 3.54. The van der Waals surface area contributed by atoms with E-state index in [4.69, 9.17) is 4.74 Å². The second-order valence-electron chi connectivity index (χ2n) is 5.05. The van der Waals surface area contributed by atoms with Crippen molar-refractivity contribution in [3.63, 3.8) is 0 Å². The van der Waals surface area contributed by atoms with Gasteiger partial charge < -0.3 is 4.74 Å². The van der Waals surface area contributed by atoms with E-state index in [2.05, 4.69) is 5.10 Å². The molecule has 2 rings (SSSR count). The fraction of sp³-hybridized carbons (Fsp3) is 0.769. The highest BCUT2D eigenvalue weighted by Gasteiger charge is 2.37. The number of nitrogens with zero attached hydrogens (tertiary/aromatic N) is 3. The standard InChI is InChI=1S/C13H20F3N3O/c1-20-12-11(13(14,15)16)10-19(17-12)18-8-6-4-2-3-5-7-9-18/h10H,2-9H2,1H3. The molecule has 1 saturated heterocycles. The van der Waals surface area contributed by atoms with Gasteiger partial charge in [0, 0.05) is 13.1 Å². The monoisotopic (exact) mass is 291 g/mol. The zero-order valence-electron chi connectivity index (χ0n) is 11.6. The van der Waals surface area contributed by atoms with Crippen molar-refractivity contribution in [1.29, 1.82) is 0 Å². The van der Waals surface area contributed by atoms with Crippen LogP contribution in [0.1, 0.15) is 44.1 Å². The first kappa shape index (κ1) is 15.0. The van der Waals surface area contributed by atoms with Crippen molar-refractivity contribution in [3.05, 3.63) is 11.8 Å². The number of ether oxygens (including phenoxy) is 1. The van der Waals surface area contributed by atoms with Crippen LogP contribution in [0.2, 0.25) is 0 Å². The smallest absolute Gasteiger partial charge is 0.423 e. The molecule has 1 aliphatic heterocycles. The molecule has 7 heteroatoms. The average molecular weight is 291 g/mol. The Kier molecular flexibility index (Phi) is 4.77. The minimum Gasteiger partial charge on any atom is -0.479 e. The summed E-state index contributed by atoms with van der Waals surface area (Å²) < 4.78 is 43.4. The predicted octanol–water partition coefficient (Wildman–Crippen LogP) is 3.20. The topological polar surface area (TPSA) is 30.3 Å². The van der Waals surface area contributed by atoms with E-state index < -0.39 is 11.7 Å². The molecule has 0 saturated carbocycles. The third-order valence-electron chi connectivity index (χ3n) is 3.54. The van der Waals surface area contributed by atoms with Gasteiger partial charge in [-0.05, 0) is 12.8 Å². The van der Waals surface area contributed by atoms with Gasteiger partial charge in [-0.15, -0.1) is 5.10 Å². The van der Waals surface area contributed by atoms with Crippen LogP contribution in [-0.4, -0.2) is 30.1 Å². The Labute approximate surface area is 116 Å². The summed E-state index contributed by atoms with van der Waals surface area (Å²) in [7, 11) is 1.21. The second kappa shape index (κ2) is 6.37. The van der Waals surface area contributed by atoms with E-state index in [9.17, 15) is 13.2 Å². The molecule has 0 N–H and O–H groups in total. The summed E-state index contributed by atoms with van der Waals surface area (Å²) in [6, 6.07) is 0. The van der Waals surface area contributed by atoms with E-state index >= 15 is 0 Å². The minimum atomic E-state index is -4.44. The molecular formula is C13H20F3N3O. The number of alkyl halides is 3. The van der Waals surface area contributed by atoms with Crippen LogP contribution >= 0.6 is 0 Å². The molecule has 20 heavy (non-hydrogen) atoms. The Morgan fingerprint density at radius 1 is 1.05 bits per heavy atom. The Morgan fingerprint density at radius 3 is 2.05 bits per heavy atom. The van der Waals surface area contributed by atoms with Gasteiger partial charge in [-0.25, -0.2) is 0 Å². The summed E-state index contributed by atoms with van der Waals surface area (Å²) in [6.07, 6.45) is 3.16. The Morgan fingerprint density at radius 2 is 1.60 bits per heavy atom. The van der Waals surface area contributed by atoms with Gasteiger partial charge in [0.15, 0.2) is 0 Å². The molecule has 4 nitrogen and oxygen atoms in total. The lowest BCUT2D eigenvalue weighted by Gasteiger charge is -2.23. The molecule has 0 unspecified atom stereocenters. The fourth-order valence-corrected chi connectivity index (χ4v) is 2.45. The largest absolute Gasteiger partial charge is 0.479 e. The maximum Gasteiger partial charge on any atom is 0.423 e. The van der Waals surface area contributed by atoms with E-state index in [0.717, 1.165) is 45.0 Å². The molecule has 0 aromatic carbocycles. The summed E-state index contributed by atoms with van der Waals surface area (Å²) in [6.45, 7) is 1.45. The number of methoxy groups -OCH3 is 1. The summed E-state index contributed by atoms with van der Waals surface area (Å²) in [5.74, 6) is -0.364. The highest BCUT2D eigenvalue weighted by Crippen LogP contribution is 2.35. The highest BCUT2D eigenvalue weighted by atomic mass is 19.4. The zero-order valence-corrected chi connectivity index (χ0v) is 11.6. The molecule has 0 spiro atoms. The summed E-state index contributed by atoms with van der Waals surface area (Å²) >= 11 is 0. The normalized spacial score (nSPS) is 18.3. The lowest BCUT2D eigenvalue weighted by Crippen LogP contribution is -2.36. The van der Waals surface area contributed by atoms with Gasteiger partial charge in [0.25, 0.3) is 0 Å². The number of rotatable bonds is 2. The fourth-order valence-electron chi connectivity index (χ4n) is 2.45. The van der Waals surface area contributed by atoms with Crippen LogP contribution < -0.4 is 9.75 Å².